The normalized spacial score (nSPS) is 25.5. The van der Waals surface area contributed by atoms with Crippen LogP contribution in [0, 0.1) is 17.8 Å². The molecule has 2 amide bonds. The SMILES string of the molecule is CC(C)C1CCCN(C(=O)C(NC(=O)C2CC2)C(C)O)CC1. The zero-order valence-electron chi connectivity index (χ0n) is 14.0. The Bertz CT molecular complexity index is 405. The van der Waals surface area contributed by atoms with Crippen molar-refractivity contribution in [3.63, 3.8) is 0 Å². The van der Waals surface area contributed by atoms with Crippen molar-refractivity contribution in [2.45, 2.75) is 65.0 Å². The second-order valence-corrected chi connectivity index (χ2v) is 7.26. The van der Waals surface area contributed by atoms with E-state index in [0.717, 1.165) is 45.2 Å². The molecule has 1 saturated carbocycles. The van der Waals surface area contributed by atoms with Crippen LogP contribution in [0.3, 0.4) is 0 Å². The minimum Gasteiger partial charge on any atom is -0.391 e. The van der Waals surface area contributed by atoms with Crippen LogP contribution in [-0.4, -0.2) is 47.1 Å². The number of amides is 2. The van der Waals surface area contributed by atoms with E-state index in [1.165, 1.54) is 0 Å². The molecule has 1 aliphatic heterocycles. The van der Waals surface area contributed by atoms with E-state index in [2.05, 4.69) is 19.2 Å². The zero-order valence-corrected chi connectivity index (χ0v) is 14.0. The zero-order chi connectivity index (χ0) is 16.3. The summed E-state index contributed by atoms with van der Waals surface area (Å²) >= 11 is 0. The highest BCUT2D eigenvalue weighted by atomic mass is 16.3. The van der Waals surface area contributed by atoms with E-state index in [1.54, 1.807) is 6.92 Å². The van der Waals surface area contributed by atoms with Gasteiger partial charge in [-0.25, -0.2) is 0 Å². The summed E-state index contributed by atoms with van der Waals surface area (Å²) in [6.07, 6.45) is 4.08. The van der Waals surface area contributed by atoms with Crippen molar-refractivity contribution in [1.82, 2.24) is 10.2 Å². The number of nitrogens with one attached hydrogen (secondary N) is 1. The molecule has 0 aromatic rings. The summed E-state index contributed by atoms with van der Waals surface area (Å²) < 4.78 is 0. The molecule has 1 saturated heterocycles. The van der Waals surface area contributed by atoms with Crippen molar-refractivity contribution in [1.29, 1.82) is 0 Å². The third kappa shape index (κ3) is 4.45. The highest BCUT2D eigenvalue weighted by Gasteiger charge is 2.36. The number of hydrogen-bond acceptors (Lipinski definition) is 3. The molecule has 5 heteroatoms. The van der Waals surface area contributed by atoms with E-state index < -0.39 is 12.1 Å². The molecule has 5 nitrogen and oxygen atoms in total. The fourth-order valence-corrected chi connectivity index (χ4v) is 3.21. The Morgan fingerprint density at radius 1 is 1.09 bits per heavy atom. The van der Waals surface area contributed by atoms with E-state index in [-0.39, 0.29) is 17.7 Å². The van der Waals surface area contributed by atoms with Gasteiger partial charge < -0.3 is 15.3 Å². The van der Waals surface area contributed by atoms with Gasteiger partial charge in [0, 0.05) is 19.0 Å². The van der Waals surface area contributed by atoms with Crippen molar-refractivity contribution in [3.8, 4) is 0 Å². The van der Waals surface area contributed by atoms with Crippen molar-refractivity contribution >= 4 is 11.8 Å². The van der Waals surface area contributed by atoms with Gasteiger partial charge in [0.1, 0.15) is 6.04 Å². The van der Waals surface area contributed by atoms with Gasteiger partial charge in [-0.15, -0.1) is 0 Å². The van der Waals surface area contributed by atoms with Crippen LogP contribution in [-0.2, 0) is 9.59 Å². The van der Waals surface area contributed by atoms with E-state index in [0.29, 0.717) is 11.8 Å². The smallest absolute Gasteiger partial charge is 0.247 e. The average molecular weight is 310 g/mol. The maximum Gasteiger partial charge on any atom is 0.247 e. The Morgan fingerprint density at radius 2 is 1.77 bits per heavy atom. The Kier molecular flexibility index (Phi) is 5.84. The second kappa shape index (κ2) is 7.44. The molecule has 3 atom stereocenters. The standard InChI is InChI=1S/C17H30N2O3/c1-11(2)13-5-4-9-19(10-8-13)17(22)15(12(3)20)18-16(21)14-6-7-14/h11-15,20H,4-10H2,1-3H3,(H,18,21). The summed E-state index contributed by atoms with van der Waals surface area (Å²) in [6.45, 7) is 7.49. The maximum atomic E-state index is 12.7. The molecular weight excluding hydrogens is 280 g/mol. The third-order valence-corrected chi connectivity index (χ3v) is 5.02. The number of aliphatic hydroxyl groups is 1. The number of hydrogen-bond donors (Lipinski definition) is 2. The monoisotopic (exact) mass is 310 g/mol. The molecule has 2 fully saturated rings. The lowest BCUT2D eigenvalue weighted by molar-refractivity contribution is -0.139. The predicted octanol–water partition coefficient (Wildman–Crippen LogP) is 1.55. The lowest BCUT2D eigenvalue weighted by Crippen LogP contribution is -2.54. The number of rotatable bonds is 5. The van der Waals surface area contributed by atoms with Crippen LogP contribution in [0.25, 0.3) is 0 Å². The van der Waals surface area contributed by atoms with E-state index in [9.17, 15) is 14.7 Å². The van der Waals surface area contributed by atoms with Crippen LogP contribution in [0.4, 0.5) is 0 Å². The molecule has 0 aromatic carbocycles. The largest absolute Gasteiger partial charge is 0.391 e. The van der Waals surface area contributed by atoms with Crippen LogP contribution in [0.15, 0.2) is 0 Å². The van der Waals surface area contributed by atoms with E-state index in [1.807, 2.05) is 4.90 Å². The Labute approximate surface area is 133 Å². The topological polar surface area (TPSA) is 69.6 Å². The molecule has 1 heterocycles. The number of likely N-dealkylation sites (tertiary alicyclic amines) is 1. The van der Waals surface area contributed by atoms with Crippen LogP contribution in [0.2, 0.25) is 0 Å². The molecule has 0 aromatic heterocycles. The van der Waals surface area contributed by atoms with Crippen molar-refractivity contribution in [3.05, 3.63) is 0 Å². The molecule has 2 N–H and O–H groups in total. The van der Waals surface area contributed by atoms with E-state index in [4.69, 9.17) is 0 Å². The number of nitrogens with zero attached hydrogens (tertiary/aromatic N) is 1. The predicted molar refractivity (Wildman–Crippen MR) is 85.1 cm³/mol. The highest BCUT2D eigenvalue weighted by molar-refractivity contribution is 5.89. The van der Waals surface area contributed by atoms with Gasteiger partial charge in [0.25, 0.3) is 0 Å². The Balaban J connectivity index is 1.95. The minimum absolute atomic E-state index is 0.0449. The first-order chi connectivity index (χ1) is 10.4. The molecular formula is C17H30N2O3. The molecule has 1 aliphatic carbocycles. The molecule has 2 aliphatic rings. The molecule has 3 unspecified atom stereocenters. The average Bonchev–Trinajstić information content (AvgIpc) is 3.28. The molecule has 22 heavy (non-hydrogen) atoms. The fraction of sp³-hybridized carbons (Fsp3) is 0.882. The van der Waals surface area contributed by atoms with Gasteiger partial charge in [-0.1, -0.05) is 13.8 Å². The minimum atomic E-state index is -0.862. The first-order valence-corrected chi connectivity index (χ1v) is 8.67. The lowest BCUT2D eigenvalue weighted by Gasteiger charge is -2.28. The van der Waals surface area contributed by atoms with Gasteiger partial charge in [-0.05, 0) is 50.9 Å². The number of carbonyl (C=O) groups is 2. The van der Waals surface area contributed by atoms with Crippen LogP contribution < -0.4 is 5.32 Å². The summed E-state index contributed by atoms with van der Waals surface area (Å²) in [5.74, 6) is 1.12. The summed E-state index contributed by atoms with van der Waals surface area (Å²) in [7, 11) is 0. The Hall–Kier alpha value is -1.10. The van der Waals surface area contributed by atoms with Gasteiger partial charge in [0.2, 0.25) is 11.8 Å². The first-order valence-electron chi connectivity index (χ1n) is 8.67. The second-order valence-electron chi connectivity index (χ2n) is 7.26. The summed E-state index contributed by atoms with van der Waals surface area (Å²) in [5.41, 5.74) is 0. The van der Waals surface area contributed by atoms with Gasteiger partial charge in [0.05, 0.1) is 6.10 Å². The number of carbonyl (C=O) groups excluding carboxylic acids is 2. The summed E-state index contributed by atoms with van der Waals surface area (Å²) in [5, 5.41) is 12.7. The van der Waals surface area contributed by atoms with Crippen molar-refractivity contribution in [2.24, 2.45) is 17.8 Å². The molecule has 2 rings (SSSR count). The van der Waals surface area contributed by atoms with Gasteiger partial charge in [-0.2, -0.15) is 0 Å². The van der Waals surface area contributed by atoms with Crippen LogP contribution in [0.1, 0.15) is 52.9 Å². The number of aliphatic hydroxyl groups excluding tert-OH is 1. The van der Waals surface area contributed by atoms with Crippen LogP contribution >= 0.6 is 0 Å². The molecule has 0 bridgehead atoms. The quantitative estimate of drug-likeness (QED) is 0.809. The van der Waals surface area contributed by atoms with Crippen LogP contribution in [0.5, 0.6) is 0 Å². The van der Waals surface area contributed by atoms with Gasteiger partial charge in [0.15, 0.2) is 0 Å². The highest BCUT2D eigenvalue weighted by Crippen LogP contribution is 2.29. The van der Waals surface area contributed by atoms with E-state index >= 15 is 0 Å². The van der Waals surface area contributed by atoms with Gasteiger partial charge >= 0.3 is 0 Å². The fourth-order valence-electron chi connectivity index (χ4n) is 3.21. The van der Waals surface area contributed by atoms with Crippen molar-refractivity contribution in [2.75, 3.05) is 13.1 Å². The van der Waals surface area contributed by atoms with Gasteiger partial charge in [-0.3, -0.25) is 9.59 Å². The maximum absolute atomic E-state index is 12.7. The lowest BCUT2D eigenvalue weighted by atomic mass is 9.89. The summed E-state index contributed by atoms with van der Waals surface area (Å²) in [6, 6.07) is -0.802. The third-order valence-electron chi connectivity index (χ3n) is 5.02. The summed E-state index contributed by atoms with van der Waals surface area (Å²) in [4.78, 5) is 26.4. The molecule has 126 valence electrons. The molecule has 0 radical (unpaired) electrons. The van der Waals surface area contributed by atoms with Crippen molar-refractivity contribution < 1.29 is 14.7 Å². The Morgan fingerprint density at radius 3 is 2.32 bits per heavy atom. The molecule has 0 spiro atoms. The first kappa shape index (κ1) is 17.3.